The molecule has 142 valence electrons. The number of nitrogens with one attached hydrogen (secondary N) is 2. The highest BCUT2D eigenvalue weighted by Crippen LogP contribution is 2.17. The highest BCUT2D eigenvalue weighted by atomic mass is 32.2. The summed E-state index contributed by atoms with van der Waals surface area (Å²) in [7, 11) is -0.701. The van der Waals surface area contributed by atoms with Crippen LogP contribution in [0.3, 0.4) is 0 Å². The van der Waals surface area contributed by atoms with E-state index >= 15 is 0 Å². The Morgan fingerprint density at radius 1 is 1.23 bits per heavy atom. The Morgan fingerprint density at radius 3 is 2.38 bits per heavy atom. The molecule has 10 heteroatoms. The molecule has 0 spiro atoms. The van der Waals surface area contributed by atoms with Gasteiger partial charge in [-0.2, -0.15) is 0 Å². The van der Waals surface area contributed by atoms with Gasteiger partial charge < -0.3 is 10.6 Å². The molecule has 1 unspecified atom stereocenters. The second kappa shape index (κ2) is 7.83. The van der Waals surface area contributed by atoms with Gasteiger partial charge >= 0.3 is 6.03 Å². The third-order valence-corrected chi connectivity index (χ3v) is 5.73. The number of hydrogen-bond donors (Lipinski definition) is 2. The van der Waals surface area contributed by atoms with Crippen molar-refractivity contribution in [3.8, 4) is 0 Å². The van der Waals surface area contributed by atoms with Gasteiger partial charge in [0.15, 0.2) is 0 Å². The summed E-state index contributed by atoms with van der Waals surface area (Å²) in [6, 6.07) is 4.46. The van der Waals surface area contributed by atoms with Crippen LogP contribution in [0.1, 0.15) is 19.8 Å². The number of rotatable bonds is 7. The largest absolute Gasteiger partial charge is 0.326 e. The van der Waals surface area contributed by atoms with Crippen molar-refractivity contribution < 1.29 is 22.8 Å². The summed E-state index contributed by atoms with van der Waals surface area (Å²) in [4.78, 5) is 37.0. The molecule has 1 fully saturated rings. The first-order chi connectivity index (χ1) is 12.2. The Hall–Kier alpha value is -2.46. The molecule has 2 N–H and O–H groups in total. The molecular formula is C16H22N4O5S. The number of carbonyl (C=O) groups excluding carboxylic acids is 3. The molecule has 26 heavy (non-hydrogen) atoms. The van der Waals surface area contributed by atoms with Gasteiger partial charge in [-0.25, -0.2) is 17.5 Å². The third-order valence-electron chi connectivity index (χ3n) is 3.90. The summed E-state index contributed by atoms with van der Waals surface area (Å²) in [6.45, 7) is 1.50. The Kier molecular flexibility index (Phi) is 5.98. The molecule has 1 aliphatic rings. The molecule has 0 bridgehead atoms. The van der Waals surface area contributed by atoms with Crippen molar-refractivity contribution in [2.75, 3.05) is 26.0 Å². The van der Waals surface area contributed by atoms with E-state index in [0.717, 1.165) is 15.6 Å². The Balaban J connectivity index is 2.00. The van der Waals surface area contributed by atoms with E-state index in [4.69, 9.17) is 0 Å². The molecule has 1 saturated heterocycles. The highest BCUT2D eigenvalue weighted by Gasteiger charge is 2.38. The van der Waals surface area contributed by atoms with Crippen LogP contribution in [0.2, 0.25) is 0 Å². The summed E-state index contributed by atoms with van der Waals surface area (Å²) >= 11 is 0. The topological polar surface area (TPSA) is 116 Å². The van der Waals surface area contributed by atoms with E-state index in [1.807, 2.05) is 6.92 Å². The van der Waals surface area contributed by atoms with Crippen molar-refractivity contribution in [2.24, 2.45) is 0 Å². The SMILES string of the molecule is CCCC1NC(=O)N(CC(=O)Nc2ccc(S(=O)(=O)N(C)C)cc2)C1=O. The number of urea groups is 1. The summed E-state index contributed by atoms with van der Waals surface area (Å²) in [6.07, 6.45) is 1.25. The standard InChI is InChI=1S/C16H22N4O5S/c1-4-5-13-15(22)20(16(23)18-13)10-14(21)17-11-6-8-12(9-7-11)26(24,25)19(2)3/h6-9,13H,4-5,10H2,1-3H3,(H,17,21)(H,18,23). The molecular weight excluding hydrogens is 360 g/mol. The molecule has 1 aromatic rings. The molecule has 0 radical (unpaired) electrons. The predicted molar refractivity (Wildman–Crippen MR) is 94.9 cm³/mol. The minimum Gasteiger partial charge on any atom is -0.326 e. The van der Waals surface area contributed by atoms with Crippen LogP contribution in [0.4, 0.5) is 10.5 Å². The van der Waals surface area contributed by atoms with Gasteiger partial charge in [0, 0.05) is 19.8 Å². The molecule has 0 saturated carbocycles. The number of imide groups is 1. The maximum absolute atomic E-state index is 12.1. The fourth-order valence-corrected chi connectivity index (χ4v) is 3.38. The van der Waals surface area contributed by atoms with E-state index in [1.165, 1.54) is 38.4 Å². The highest BCUT2D eigenvalue weighted by molar-refractivity contribution is 7.89. The number of anilines is 1. The molecule has 1 heterocycles. The van der Waals surface area contributed by atoms with Gasteiger partial charge in [0.2, 0.25) is 15.9 Å². The summed E-state index contributed by atoms with van der Waals surface area (Å²) < 4.78 is 25.1. The van der Waals surface area contributed by atoms with Crippen LogP contribution in [-0.4, -0.2) is 62.2 Å². The molecule has 0 aromatic heterocycles. The van der Waals surface area contributed by atoms with Crippen LogP contribution in [0.25, 0.3) is 0 Å². The van der Waals surface area contributed by atoms with Crippen LogP contribution in [0.5, 0.6) is 0 Å². The lowest BCUT2D eigenvalue weighted by atomic mass is 10.2. The fraction of sp³-hybridized carbons (Fsp3) is 0.438. The number of carbonyl (C=O) groups is 3. The molecule has 1 aliphatic heterocycles. The molecule has 2 rings (SSSR count). The molecule has 1 aromatic carbocycles. The first kappa shape index (κ1) is 19.9. The smallest absolute Gasteiger partial charge is 0.325 e. The first-order valence-electron chi connectivity index (χ1n) is 8.11. The lowest BCUT2D eigenvalue weighted by Crippen LogP contribution is -2.38. The van der Waals surface area contributed by atoms with Crippen molar-refractivity contribution in [1.82, 2.24) is 14.5 Å². The van der Waals surface area contributed by atoms with Crippen molar-refractivity contribution in [1.29, 1.82) is 0 Å². The minimum absolute atomic E-state index is 0.0944. The third kappa shape index (κ3) is 4.20. The van der Waals surface area contributed by atoms with Crippen molar-refractivity contribution in [2.45, 2.75) is 30.7 Å². The summed E-state index contributed by atoms with van der Waals surface area (Å²) in [5.41, 5.74) is 0.366. The van der Waals surface area contributed by atoms with Gasteiger partial charge in [-0.1, -0.05) is 13.3 Å². The number of sulfonamides is 1. The fourth-order valence-electron chi connectivity index (χ4n) is 2.48. The number of hydrogen-bond acceptors (Lipinski definition) is 5. The lowest BCUT2D eigenvalue weighted by Gasteiger charge is -2.14. The van der Waals surface area contributed by atoms with Crippen LogP contribution in [-0.2, 0) is 19.6 Å². The van der Waals surface area contributed by atoms with Crippen LogP contribution < -0.4 is 10.6 Å². The number of benzene rings is 1. The zero-order valence-corrected chi connectivity index (χ0v) is 15.7. The van der Waals surface area contributed by atoms with E-state index in [-0.39, 0.29) is 4.90 Å². The lowest BCUT2D eigenvalue weighted by molar-refractivity contribution is -0.130. The average Bonchev–Trinajstić information content (AvgIpc) is 2.83. The van der Waals surface area contributed by atoms with E-state index in [9.17, 15) is 22.8 Å². The van der Waals surface area contributed by atoms with E-state index in [2.05, 4.69) is 10.6 Å². The maximum Gasteiger partial charge on any atom is 0.325 e. The zero-order chi connectivity index (χ0) is 19.5. The van der Waals surface area contributed by atoms with Crippen molar-refractivity contribution in [3.63, 3.8) is 0 Å². The van der Waals surface area contributed by atoms with E-state index < -0.39 is 40.5 Å². The quantitative estimate of drug-likeness (QED) is 0.670. The Labute approximate surface area is 152 Å². The Morgan fingerprint density at radius 2 is 1.85 bits per heavy atom. The van der Waals surface area contributed by atoms with Crippen LogP contribution in [0.15, 0.2) is 29.2 Å². The molecule has 4 amide bonds. The van der Waals surface area contributed by atoms with Gasteiger partial charge in [0.05, 0.1) is 4.90 Å². The Bertz CT molecular complexity index is 804. The van der Waals surface area contributed by atoms with E-state index in [1.54, 1.807) is 0 Å². The monoisotopic (exact) mass is 382 g/mol. The van der Waals surface area contributed by atoms with Crippen LogP contribution in [0, 0.1) is 0 Å². The van der Waals surface area contributed by atoms with E-state index in [0.29, 0.717) is 12.1 Å². The van der Waals surface area contributed by atoms with Gasteiger partial charge in [-0.15, -0.1) is 0 Å². The zero-order valence-electron chi connectivity index (χ0n) is 14.9. The van der Waals surface area contributed by atoms with Gasteiger partial charge in [-0.3, -0.25) is 14.5 Å². The van der Waals surface area contributed by atoms with Crippen molar-refractivity contribution >= 4 is 33.6 Å². The van der Waals surface area contributed by atoms with Gasteiger partial charge in [0.25, 0.3) is 5.91 Å². The van der Waals surface area contributed by atoms with Gasteiger partial charge in [0.1, 0.15) is 12.6 Å². The van der Waals surface area contributed by atoms with Gasteiger partial charge in [-0.05, 0) is 30.7 Å². The molecule has 9 nitrogen and oxygen atoms in total. The van der Waals surface area contributed by atoms with Crippen molar-refractivity contribution in [3.05, 3.63) is 24.3 Å². The molecule has 0 aliphatic carbocycles. The average molecular weight is 382 g/mol. The summed E-state index contributed by atoms with van der Waals surface area (Å²) in [5, 5.41) is 5.09. The minimum atomic E-state index is -3.55. The maximum atomic E-state index is 12.1. The first-order valence-corrected chi connectivity index (χ1v) is 9.55. The predicted octanol–water partition coefficient (Wildman–Crippen LogP) is 0.596. The summed E-state index contributed by atoms with van der Waals surface area (Å²) in [5.74, 6) is -0.965. The number of nitrogens with zero attached hydrogens (tertiary/aromatic N) is 2. The van der Waals surface area contributed by atoms with Crippen LogP contribution >= 0.6 is 0 Å². The second-order valence-electron chi connectivity index (χ2n) is 6.08. The normalized spacial score (nSPS) is 17.5. The second-order valence-corrected chi connectivity index (χ2v) is 8.23. The molecule has 1 atom stereocenters. The number of amides is 4.